The van der Waals surface area contributed by atoms with E-state index < -0.39 is 24.4 Å². The van der Waals surface area contributed by atoms with Crippen molar-refractivity contribution in [1.82, 2.24) is 10.2 Å². The van der Waals surface area contributed by atoms with E-state index in [1.165, 1.54) is 25.7 Å². The number of nitrogens with zero attached hydrogens (tertiary/aromatic N) is 1. The number of aliphatic carboxylic acids is 1. The number of carboxylic acids is 1. The lowest BCUT2D eigenvalue weighted by molar-refractivity contribution is -0.151. The number of hydrogen-bond acceptors (Lipinski definition) is 4. The van der Waals surface area contributed by atoms with E-state index in [2.05, 4.69) is 5.32 Å². The Hall–Kier alpha value is -1.14. The first-order valence-corrected chi connectivity index (χ1v) is 4.72. The van der Waals surface area contributed by atoms with Gasteiger partial charge in [0.25, 0.3) is 0 Å². The highest BCUT2D eigenvalue weighted by Gasteiger charge is 2.28. The summed E-state index contributed by atoms with van der Waals surface area (Å²) in [5.74, 6) is -1.32. The normalized spacial score (nSPS) is 16.9. The summed E-state index contributed by atoms with van der Waals surface area (Å²) in [6.07, 6.45) is -1.48. The summed E-state index contributed by atoms with van der Waals surface area (Å²) in [5, 5.41) is 20.8. The van der Waals surface area contributed by atoms with Crippen LogP contribution in [-0.2, 0) is 9.59 Å². The summed E-state index contributed by atoms with van der Waals surface area (Å²) in [4.78, 5) is 22.9. The quantitative estimate of drug-likeness (QED) is 0.545. The van der Waals surface area contributed by atoms with Gasteiger partial charge in [-0.25, -0.2) is 4.90 Å². The van der Waals surface area contributed by atoms with Gasteiger partial charge in [-0.15, -0.1) is 0 Å². The van der Waals surface area contributed by atoms with Gasteiger partial charge in [0.05, 0.1) is 6.17 Å². The first kappa shape index (κ1) is 13.9. The third-order valence-electron chi connectivity index (χ3n) is 2.10. The van der Waals surface area contributed by atoms with Gasteiger partial charge in [0.1, 0.15) is 12.3 Å². The molecule has 0 heterocycles. The molecule has 0 fully saturated rings. The Labute approximate surface area is 88.9 Å². The zero-order chi connectivity index (χ0) is 12.2. The van der Waals surface area contributed by atoms with Gasteiger partial charge in [-0.05, 0) is 20.8 Å². The number of amides is 1. The third kappa shape index (κ3) is 4.26. The van der Waals surface area contributed by atoms with Gasteiger partial charge >= 0.3 is 5.97 Å². The van der Waals surface area contributed by atoms with Crippen LogP contribution in [0.5, 0.6) is 0 Å². The summed E-state index contributed by atoms with van der Waals surface area (Å²) < 4.78 is 0. The topological polar surface area (TPSA) is 89.9 Å². The SMILES string of the molecule is CC(=O)NC(C)N(C(C)O)C(C)C(=O)O. The van der Waals surface area contributed by atoms with Gasteiger partial charge in [0.2, 0.25) is 5.91 Å². The van der Waals surface area contributed by atoms with Crippen LogP contribution in [0.1, 0.15) is 27.7 Å². The Morgan fingerprint density at radius 1 is 1.27 bits per heavy atom. The molecule has 0 aromatic rings. The van der Waals surface area contributed by atoms with Crippen molar-refractivity contribution < 1.29 is 19.8 Å². The van der Waals surface area contributed by atoms with E-state index in [0.29, 0.717) is 0 Å². The van der Waals surface area contributed by atoms with Crippen LogP contribution < -0.4 is 5.32 Å². The zero-order valence-electron chi connectivity index (χ0n) is 9.39. The van der Waals surface area contributed by atoms with Crippen LogP contribution in [0, 0.1) is 0 Å². The molecule has 3 atom stereocenters. The standard InChI is InChI=1S/C9H18N2O4/c1-5(9(14)15)11(8(4)13)6(2)10-7(3)12/h5-6,8,13H,1-4H3,(H,10,12)(H,14,15). The molecule has 0 aromatic carbocycles. The Bertz CT molecular complexity index is 242. The Morgan fingerprint density at radius 2 is 1.73 bits per heavy atom. The first-order chi connectivity index (χ1) is 6.77. The average molecular weight is 218 g/mol. The molecule has 3 unspecified atom stereocenters. The summed E-state index contributed by atoms with van der Waals surface area (Å²) in [6, 6.07) is -0.869. The van der Waals surface area contributed by atoms with Gasteiger partial charge in [-0.3, -0.25) is 9.59 Å². The number of nitrogens with one attached hydrogen (secondary N) is 1. The number of carboxylic acid groups (broad SMARTS) is 1. The van der Waals surface area contributed by atoms with Crippen molar-refractivity contribution >= 4 is 11.9 Å². The molecule has 0 spiro atoms. The molecule has 1 amide bonds. The second-order valence-corrected chi connectivity index (χ2v) is 3.47. The van der Waals surface area contributed by atoms with Crippen molar-refractivity contribution in [2.24, 2.45) is 0 Å². The van der Waals surface area contributed by atoms with E-state index in [9.17, 15) is 14.7 Å². The molecule has 0 aliphatic heterocycles. The van der Waals surface area contributed by atoms with Crippen LogP contribution in [-0.4, -0.2) is 45.4 Å². The van der Waals surface area contributed by atoms with Crippen LogP contribution in [0.2, 0.25) is 0 Å². The van der Waals surface area contributed by atoms with Crippen LogP contribution in [0.25, 0.3) is 0 Å². The maximum atomic E-state index is 10.8. The first-order valence-electron chi connectivity index (χ1n) is 4.72. The van der Waals surface area contributed by atoms with Crippen molar-refractivity contribution in [1.29, 1.82) is 0 Å². The molecule has 3 N–H and O–H groups in total. The fourth-order valence-corrected chi connectivity index (χ4v) is 1.48. The minimum absolute atomic E-state index is 0.272. The van der Waals surface area contributed by atoms with Gasteiger partial charge < -0.3 is 15.5 Å². The molecule has 0 aliphatic rings. The predicted molar refractivity (Wildman–Crippen MR) is 53.9 cm³/mol. The van der Waals surface area contributed by atoms with Crippen LogP contribution >= 0.6 is 0 Å². The van der Waals surface area contributed by atoms with Gasteiger partial charge in [0, 0.05) is 6.92 Å². The molecule has 88 valence electrons. The molecule has 0 aliphatic carbocycles. The summed E-state index contributed by atoms with van der Waals surface area (Å²) in [6.45, 7) is 5.86. The minimum Gasteiger partial charge on any atom is -0.480 e. The smallest absolute Gasteiger partial charge is 0.320 e. The number of aliphatic hydroxyl groups excluding tert-OH is 1. The third-order valence-corrected chi connectivity index (χ3v) is 2.10. The molecule has 0 bridgehead atoms. The molecule has 15 heavy (non-hydrogen) atoms. The number of carbonyl (C=O) groups is 2. The lowest BCUT2D eigenvalue weighted by atomic mass is 10.2. The predicted octanol–water partition coefficient (Wildman–Crippen LogP) is -0.418. The second kappa shape index (κ2) is 5.67. The fourth-order valence-electron chi connectivity index (χ4n) is 1.48. The molecule has 6 heteroatoms. The monoisotopic (exact) mass is 218 g/mol. The van der Waals surface area contributed by atoms with Crippen LogP contribution in [0.3, 0.4) is 0 Å². The molecule has 0 saturated heterocycles. The summed E-state index contributed by atoms with van der Waals surface area (Å²) in [5.41, 5.74) is 0. The molecular weight excluding hydrogens is 200 g/mol. The largest absolute Gasteiger partial charge is 0.480 e. The highest BCUT2D eigenvalue weighted by Crippen LogP contribution is 2.08. The molecule has 0 saturated carbocycles. The van der Waals surface area contributed by atoms with Crippen molar-refractivity contribution in [2.45, 2.75) is 46.1 Å². The Kier molecular flexibility index (Phi) is 5.24. The zero-order valence-corrected chi connectivity index (χ0v) is 9.39. The van der Waals surface area contributed by atoms with E-state index in [0.717, 1.165) is 0 Å². The van der Waals surface area contributed by atoms with E-state index in [1.807, 2.05) is 0 Å². The maximum Gasteiger partial charge on any atom is 0.320 e. The highest BCUT2D eigenvalue weighted by molar-refractivity contribution is 5.74. The second-order valence-electron chi connectivity index (χ2n) is 3.47. The average Bonchev–Trinajstić information content (AvgIpc) is 2.01. The van der Waals surface area contributed by atoms with E-state index in [4.69, 9.17) is 5.11 Å². The number of carbonyl (C=O) groups excluding carboxylic acids is 1. The molecule has 6 nitrogen and oxygen atoms in total. The highest BCUT2D eigenvalue weighted by atomic mass is 16.4. The van der Waals surface area contributed by atoms with E-state index in [-0.39, 0.29) is 5.91 Å². The number of hydrogen-bond donors (Lipinski definition) is 3. The molecule has 0 aromatic heterocycles. The van der Waals surface area contributed by atoms with Crippen LogP contribution in [0.15, 0.2) is 0 Å². The number of aliphatic hydroxyl groups is 1. The summed E-state index contributed by atoms with van der Waals surface area (Å²) >= 11 is 0. The van der Waals surface area contributed by atoms with Crippen molar-refractivity contribution in [3.8, 4) is 0 Å². The van der Waals surface area contributed by atoms with Crippen LogP contribution in [0.4, 0.5) is 0 Å². The number of rotatable bonds is 5. The molecule has 0 rings (SSSR count). The fraction of sp³-hybridized carbons (Fsp3) is 0.778. The van der Waals surface area contributed by atoms with Crippen molar-refractivity contribution in [2.75, 3.05) is 0 Å². The van der Waals surface area contributed by atoms with Gasteiger partial charge in [0.15, 0.2) is 0 Å². The Balaban J connectivity index is 4.65. The molecular formula is C9H18N2O4. The van der Waals surface area contributed by atoms with Gasteiger partial charge in [-0.1, -0.05) is 0 Å². The molecule has 0 radical (unpaired) electrons. The summed E-state index contributed by atoms with van der Waals surface area (Å²) in [7, 11) is 0. The lowest BCUT2D eigenvalue weighted by Crippen LogP contribution is -2.55. The van der Waals surface area contributed by atoms with Crippen molar-refractivity contribution in [3.63, 3.8) is 0 Å². The van der Waals surface area contributed by atoms with Gasteiger partial charge in [-0.2, -0.15) is 0 Å². The minimum atomic E-state index is -1.05. The maximum absolute atomic E-state index is 10.8. The Morgan fingerprint density at radius 3 is 2.00 bits per heavy atom. The van der Waals surface area contributed by atoms with Crippen molar-refractivity contribution in [3.05, 3.63) is 0 Å². The van der Waals surface area contributed by atoms with E-state index >= 15 is 0 Å². The lowest BCUT2D eigenvalue weighted by Gasteiger charge is -2.34. The van der Waals surface area contributed by atoms with E-state index in [1.54, 1.807) is 6.92 Å².